The average Bonchev–Trinajstić information content (AvgIpc) is 2.40. The third-order valence-electron chi connectivity index (χ3n) is 4.78. The minimum absolute atomic E-state index is 0.0366. The molecule has 4 nitrogen and oxygen atoms in total. The fourth-order valence-corrected chi connectivity index (χ4v) is 3.64. The minimum Gasteiger partial charge on any atom is -0.293 e. The van der Waals surface area contributed by atoms with Crippen molar-refractivity contribution in [1.29, 1.82) is 0 Å². The Hall–Kier alpha value is -1.42. The van der Waals surface area contributed by atoms with Crippen LogP contribution < -0.4 is 0 Å². The fourth-order valence-electron chi connectivity index (χ4n) is 3.64. The molecule has 1 aliphatic carbocycles. The first-order valence-corrected chi connectivity index (χ1v) is 7.19. The second kappa shape index (κ2) is 4.93. The summed E-state index contributed by atoms with van der Waals surface area (Å²) < 4.78 is 0. The van der Waals surface area contributed by atoms with Crippen molar-refractivity contribution in [2.45, 2.75) is 43.7 Å². The van der Waals surface area contributed by atoms with Crippen molar-refractivity contribution in [2.75, 3.05) is 13.1 Å². The topological polar surface area (TPSA) is 46.4 Å². The van der Waals surface area contributed by atoms with Crippen LogP contribution in [-0.4, -0.2) is 29.0 Å². The first kappa shape index (κ1) is 12.6. The molecule has 1 aromatic carbocycles. The summed E-state index contributed by atoms with van der Waals surface area (Å²) in [5.74, 6) is 0. The molecule has 0 amide bonds. The molecule has 0 aromatic heterocycles. The van der Waals surface area contributed by atoms with E-state index >= 15 is 0 Å². The molecular formula is C15H20N2O2. The third-order valence-corrected chi connectivity index (χ3v) is 4.78. The number of hydrogen-bond acceptors (Lipinski definition) is 3. The Kier molecular flexibility index (Phi) is 3.27. The predicted molar refractivity (Wildman–Crippen MR) is 73.6 cm³/mol. The molecule has 2 aliphatic rings. The molecule has 0 N–H and O–H groups in total. The smallest absolute Gasteiger partial charge is 0.262 e. The van der Waals surface area contributed by atoms with Gasteiger partial charge in [0.1, 0.15) is 0 Å². The first-order valence-electron chi connectivity index (χ1n) is 7.19. The lowest BCUT2D eigenvalue weighted by Crippen LogP contribution is -2.62. The first-order chi connectivity index (χ1) is 9.25. The van der Waals surface area contributed by atoms with E-state index in [1.54, 1.807) is 0 Å². The zero-order valence-corrected chi connectivity index (χ0v) is 11.1. The van der Waals surface area contributed by atoms with Crippen molar-refractivity contribution in [3.05, 3.63) is 46.0 Å². The number of piperidine rings is 1. The average molecular weight is 260 g/mol. The highest BCUT2D eigenvalue weighted by atomic mass is 16.6. The Morgan fingerprint density at radius 1 is 1.16 bits per heavy atom. The van der Waals surface area contributed by atoms with Gasteiger partial charge in [-0.2, -0.15) is 0 Å². The van der Waals surface area contributed by atoms with Crippen molar-refractivity contribution in [2.24, 2.45) is 0 Å². The van der Waals surface area contributed by atoms with Gasteiger partial charge in [0, 0.05) is 16.9 Å². The fraction of sp³-hybridized carbons (Fsp3) is 0.600. The maximum absolute atomic E-state index is 11.7. The molecule has 4 heteroatoms. The van der Waals surface area contributed by atoms with Gasteiger partial charge in [-0.25, -0.2) is 0 Å². The van der Waals surface area contributed by atoms with Gasteiger partial charge < -0.3 is 0 Å². The maximum Gasteiger partial charge on any atom is 0.262 e. The van der Waals surface area contributed by atoms with Gasteiger partial charge in [-0.15, -0.1) is 0 Å². The van der Waals surface area contributed by atoms with Crippen LogP contribution in [0.3, 0.4) is 0 Å². The Morgan fingerprint density at radius 2 is 1.84 bits per heavy atom. The van der Waals surface area contributed by atoms with E-state index in [0.717, 1.165) is 25.1 Å². The van der Waals surface area contributed by atoms with Gasteiger partial charge in [-0.05, 0) is 32.4 Å². The van der Waals surface area contributed by atoms with Crippen molar-refractivity contribution >= 4 is 0 Å². The highest BCUT2D eigenvalue weighted by Gasteiger charge is 2.61. The van der Waals surface area contributed by atoms with Crippen LogP contribution in [0.15, 0.2) is 30.3 Å². The second-order valence-electron chi connectivity index (χ2n) is 5.70. The van der Waals surface area contributed by atoms with Gasteiger partial charge >= 0.3 is 0 Å². The lowest BCUT2D eigenvalue weighted by molar-refractivity contribution is -0.606. The highest BCUT2D eigenvalue weighted by Crippen LogP contribution is 2.47. The molecular weight excluding hydrogens is 240 g/mol. The Morgan fingerprint density at radius 3 is 2.37 bits per heavy atom. The van der Waals surface area contributed by atoms with Crippen LogP contribution in [0.5, 0.6) is 0 Å². The van der Waals surface area contributed by atoms with E-state index in [1.165, 1.54) is 19.3 Å². The SMILES string of the molecule is O=[N+]([O-])C1(c2ccccc2)CCC1N1CCCCC1. The van der Waals surface area contributed by atoms with Gasteiger partial charge in [-0.1, -0.05) is 36.8 Å². The summed E-state index contributed by atoms with van der Waals surface area (Å²) in [6.45, 7) is 2.04. The van der Waals surface area contributed by atoms with Crippen LogP contribution in [0, 0.1) is 10.1 Å². The molecule has 2 fully saturated rings. The van der Waals surface area contributed by atoms with E-state index in [9.17, 15) is 10.1 Å². The summed E-state index contributed by atoms with van der Waals surface area (Å²) in [4.78, 5) is 14.0. The number of nitro groups is 1. The molecule has 3 rings (SSSR count). The van der Waals surface area contributed by atoms with Gasteiger partial charge in [0.05, 0.1) is 6.04 Å². The van der Waals surface area contributed by atoms with E-state index in [1.807, 2.05) is 30.3 Å². The number of hydrogen-bond donors (Lipinski definition) is 0. The predicted octanol–water partition coefficient (Wildman–Crippen LogP) is 2.81. The molecule has 0 bridgehead atoms. The van der Waals surface area contributed by atoms with Crippen LogP contribution >= 0.6 is 0 Å². The number of rotatable bonds is 3. The normalized spacial score (nSPS) is 31.7. The standard InChI is InChI=1S/C15H20N2O2/c18-17(19)15(13-7-3-1-4-8-13)10-9-14(15)16-11-5-2-6-12-16/h1,3-4,7-8,14H,2,5-6,9-12H2. The molecule has 19 heavy (non-hydrogen) atoms. The molecule has 1 saturated heterocycles. The number of likely N-dealkylation sites (tertiary alicyclic amines) is 1. The summed E-state index contributed by atoms with van der Waals surface area (Å²) in [5.41, 5.74) is 0.0142. The molecule has 0 spiro atoms. The van der Waals surface area contributed by atoms with E-state index in [2.05, 4.69) is 4.90 Å². The molecule has 1 saturated carbocycles. The van der Waals surface area contributed by atoms with Crippen LogP contribution in [0.2, 0.25) is 0 Å². The molecule has 1 heterocycles. The summed E-state index contributed by atoms with van der Waals surface area (Å²) >= 11 is 0. The maximum atomic E-state index is 11.7. The van der Waals surface area contributed by atoms with Crippen molar-refractivity contribution < 1.29 is 4.92 Å². The lowest BCUT2D eigenvalue weighted by atomic mass is 9.66. The van der Waals surface area contributed by atoms with Gasteiger partial charge in [-0.3, -0.25) is 15.0 Å². The summed E-state index contributed by atoms with van der Waals surface area (Å²) in [6.07, 6.45) is 5.25. The largest absolute Gasteiger partial charge is 0.293 e. The van der Waals surface area contributed by atoms with E-state index in [-0.39, 0.29) is 11.0 Å². The Labute approximate surface area is 113 Å². The minimum atomic E-state index is -0.862. The summed E-state index contributed by atoms with van der Waals surface area (Å²) in [5, 5.41) is 11.7. The van der Waals surface area contributed by atoms with Crippen LogP contribution in [-0.2, 0) is 5.54 Å². The zero-order valence-electron chi connectivity index (χ0n) is 11.1. The molecule has 2 atom stereocenters. The number of nitrogens with zero attached hydrogens (tertiary/aromatic N) is 2. The zero-order chi connectivity index (χ0) is 13.3. The van der Waals surface area contributed by atoms with Gasteiger partial charge in [0.2, 0.25) is 0 Å². The Balaban J connectivity index is 1.91. The van der Waals surface area contributed by atoms with Crippen molar-refractivity contribution in [1.82, 2.24) is 4.90 Å². The summed E-state index contributed by atoms with van der Waals surface area (Å²) in [6, 6.07) is 9.66. The van der Waals surface area contributed by atoms with E-state index in [0.29, 0.717) is 6.42 Å². The highest BCUT2D eigenvalue weighted by molar-refractivity contribution is 5.28. The second-order valence-corrected chi connectivity index (χ2v) is 5.70. The molecule has 0 radical (unpaired) electrons. The monoisotopic (exact) mass is 260 g/mol. The van der Waals surface area contributed by atoms with Crippen molar-refractivity contribution in [3.63, 3.8) is 0 Å². The molecule has 1 aliphatic heterocycles. The number of benzene rings is 1. The van der Waals surface area contributed by atoms with Crippen LogP contribution in [0.25, 0.3) is 0 Å². The lowest BCUT2D eigenvalue weighted by Gasteiger charge is -2.48. The third kappa shape index (κ3) is 1.94. The summed E-state index contributed by atoms with van der Waals surface area (Å²) in [7, 11) is 0. The van der Waals surface area contributed by atoms with Crippen LogP contribution in [0.1, 0.15) is 37.7 Å². The van der Waals surface area contributed by atoms with E-state index in [4.69, 9.17) is 0 Å². The quantitative estimate of drug-likeness (QED) is 0.620. The Bertz CT molecular complexity index is 456. The van der Waals surface area contributed by atoms with Crippen molar-refractivity contribution in [3.8, 4) is 0 Å². The van der Waals surface area contributed by atoms with Crippen LogP contribution in [0.4, 0.5) is 0 Å². The molecule has 102 valence electrons. The van der Waals surface area contributed by atoms with E-state index < -0.39 is 5.54 Å². The molecule has 1 aromatic rings. The van der Waals surface area contributed by atoms with Gasteiger partial charge in [0.25, 0.3) is 5.54 Å². The molecule has 2 unspecified atom stereocenters. The van der Waals surface area contributed by atoms with Gasteiger partial charge in [0.15, 0.2) is 0 Å².